The number of hydrogen-bond donors (Lipinski definition) is 1. The van der Waals surface area contributed by atoms with Crippen molar-refractivity contribution in [1.29, 1.82) is 0 Å². The number of carbonyl (C=O) groups excluding carboxylic acids is 1. The van der Waals surface area contributed by atoms with Gasteiger partial charge in [0.1, 0.15) is 0 Å². The molecule has 1 rings (SSSR count). The van der Waals surface area contributed by atoms with Crippen molar-refractivity contribution < 1.29 is 4.79 Å². The van der Waals surface area contributed by atoms with Crippen LogP contribution >= 0.6 is 23.4 Å². The lowest BCUT2D eigenvalue weighted by molar-refractivity contribution is -0.113. The number of nitrogens with one attached hydrogen (secondary N) is 1. The maximum atomic E-state index is 11.6. The Bertz CT molecular complexity index is 431. The maximum Gasteiger partial charge on any atom is 0.234 e. The molecular weight excluding hydrogens is 254 g/mol. The van der Waals surface area contributed by atoms with Crippen LogP contribution in [0.25, 0.3) is 0 Å². The van der Waals surface area contributed by atoms with E-state index < -0.39 is 0 Å². The molecule has 0 radical (unpaired) electrons. The van der Waals surface area contributed by atoms with Crippen LogP contribution in [0.2, 0.25) is 5.02 Å². The first-order chi connectivity index (χ1) is 7.99. The minimum Gasteiger partial charge on any atom is -0.325 e. The van der Waals surface area contributed by atoms with Crippen LogP contribution in [-0.2, 0) is 4.79 Å². The number of rotatable bonds is 5. The summed E-state index contributed by atoms with van der Waals surface area (Å²) in [6.45, 7) is 7.66. The Morgan fingerprint density at radius 1 is 1.47 bits per heavy atom. The number of benzene rings is 1. The van der Waals surface area contributed by atoms with Crippen LogP contribution in [0.15, 0.2) is 30.4 Å². The smallest absolute Gasteiger partial charge is 0.234 e. The average molecular weight is 270 g/mol. The van der Waals surface area contributed by atoms with Crippen molar-refractivity contribution in [3.8, 4) is 0 Å². The first-order valence-electron chi connectivity index (χ1n) is 5.27. The van der Waals surface area contributed by atoms with Gasteiger partial charge < -0.3 is 5.32 Å². The van der Waals surface area contributed by atoms with E-state index in [-0.39, 0.29) is 5.91 Å². The molecule has 0 aliphatic carbocycles. The molecule has 0 saturated heterocycles. The molecular formula is C13H16ClNOS. The summed E-state index contributed by atoms with van der Waals surface area (Å²) in [5, 5.41) is 3.54. The Hall–Kier alpha value is -0.930. The monoisotopic (exact) mass is 269 g/mol. The van der Waals surface area contributed by atoms with Crippen LogP contribution in [0.1, 0.15) is 12.5 Å². The average Bonchev–Trinajstić information content (AvgIpc) is 2.21. The lowest BCUT2D eigenvalue weighted by atomic mass is 10.2. The third kappa shape index (κ3) is 5.29. The van der Waals surface area contributed by atoms with Gasteiger partial charge in [-0.25, -0.2) is 0 Å². The van der Waals surface area contributed by atoms with Crippen LogP contribution in [0.4, 0.5) is 5.69 Å². The Morgan fingerprint density at radius 2 is 2.18 bits per heavy atom. The first kappa shape index (κ1) is 14.1. The Morgan fingerprint density at radius 3 is 2.76 bits per heavy atom. The van der Waals surface area contributed by atoms with Gasteiger partial charge in [0.25, 0.3) is 0 Å². The van der Waals surface area contributed by atoms with Crippen LogP contribution < -0.4 is 5.32 Å². The quantitative estimate of drug-likeness (QED) is 0.822. The van der Waals surface area contributed by atoms with E-state index in [1.807, 2.05) is 26.0 Å². The highest BCUT2D eigenvalue weighted by Crippen LogP contribution is 2.19. The van der Waals surface area contributed by atoms with Crippen LogP contribution in [-0.4, -0.2) is 17.4 Å². The highest BCUT2D eigenvalue weighted by molar-refractivity contribution is 8.00. The fourth-order valence-electron chi connectivity index (χ4n) is 1.27. The lowest BCUT2D eigenvalue weighted by Gasteiger charge is -2.08. The second kappa shape index (κ2) is 6.72. The highest BCUT2D eigenvalue weighted by atomic mass is 35.5. The zero-order valence-corrected chi connectivity index (χ0v) is 11.6. The van der Waals surface area contributed by atoms with E-state index in [4.69, 9.17) is 11.6 Å². The van der Waals surface area contributed by atoms with Crippen molar-refractivity contribution >= 4 is 35.0 Å². The van der Waals surface area contributed by atoms with Gasteiger partial charge in [-0.05, 0) is 37.6 Å². The molecule has 0 saturated carbocycles. The Kier molecular flexibility index (Phi) is 5.59. The van der Waals surface area contributed by atoms with E-state index in [1.54, 1.807) is 17.8 Å². The highest BCUT2D eigenvalue weighted by Gasteiger charge is 2.05. The summed E-state index contributed by atoms with van der Waals surface area (Å²) >= 11 is 7.41. The van der Waals surface area contributed by atoms with E-state index in [0.717, 1.165) is 22.6 Å². The Labute approximate surface area is 111 Å². The van der Waals surface area contributed by atoms with Gasteiger partial charge in [-0.15, -0.1) is 11.8 Å². The summed E-state index contributed by atoms with van der Waals surface area (Å²) in [5.74, 6) is 1.25. The fourth-order valence-corrected chi connectivity index (χ4v) is 2.21. The lowest BCUT2D eigenvalue weighted by Crippen LogP contribution is -2.15. The number of aryl methyl sites for hydroxylation is 1. The van der Waals surface area contributed by atoms with Gasteiger partial charge in [-0.2, -0.15) is 0 Å². The number of carbonyl (C=O) groups is 1. The first-order valence-corrected chi connectivity index (χ1v) is 6.80. The summed E-state index contributed by atoms with van der Waals surface area (Å²) in [6.07, 6.45) is 0. The van der Waals surface area contributed by atoms with Crippen LogP contribution in [0.3, 0.4) is 0 Å². The van der Waals surface area contributed by atoms with Crippen molar-refractivity contribution in [2.45, 2.75) is 13.8 Å². The molecule has 92 valence electrons. The van der Waals surface area contributed by atoms with Crippen molar-refractivity contribution in [3.05, 3.63) is 40.9 Å². The largest absolute Gasteiger partial charge is 0.325 e. The number of thioether (sulfide) groups is 1. The van der Waals surface area contributed by atoms with Gasteiger partial charge in [-0.1, -0.05) is 23.8 Å². The van der Waals surface area contributed by atoms with Crippen LogP contribution in [0.5, 0.6) is 0 Å². The molecule has 0 atom stereocenters. The molecule has 0 aliphatic heterocycles. The summed E-state index contributed by atoms with van der Waals surface area (Å²) in [5.41, 5.74) is 2.86. The predicted molar refractivity (Wildman–Crippen MR) is 77.0 cm³/mol. The van der Waals surface area contributed by atoms with Gasteiger partial charge in [0.05, 0.1) is 5.75 Å². The molecule has 1 aromatic carbocycles. The van der Waals surface area contributed by atoms with Gasteiger partial charge in [0.15, 0.2) is 0 Å². The Balaban J connectivity index is 2.48. The second-order valence-electron chi connectivity index (χ2n) is 3.96. The molecule has 1 aromatic rings. The molecule has 0 spiro atoms. The number of anilines is 1. The summed E-state index contributed by atoms with van der Waals surface area (Å²) in [4.78, 5) is 11.6. The zero-order chi connectivity index (χ0) is 12.8. The molecule has 0 aromatic heterocycles. The SMILES string of the molecule is C=C(C)CSCC(=O)Nc1ccc(Cl)cc1C. The minimum absolute atomic E-state index is 0.00155. The molecule has 0 bridgehead atoms. The third-order valence-electron chi connectivity index (χ3n) is 2.04. The molecule has 1 amide bonds. The van der Waals surface area contributed by atoms with Gasteiger partial charge in [0.2, 0.25) is 5.91 Å². The molecule has 2 nitrogen and oxygen atoms in total. The fraction of sp³-hybridized carbons (Fsp3) is 0.308. The molecule has 0 heterocycles. The van der Waals surface area contributed by atoms with Gasteiger partial charge in [-0.3, -0.25) is 4.79 Å². The van der Waals surface area contributed by atoms with Crippen molar-refractivity contribution in [2.24, 2.45) is 0 Å². The summed E-state index contributed by atoms with van der Waals surface area (Å²) in [7, 11) is 0. The third-order valence-corrected chi connectivity index (χ3v) is 3.44. The normalized spacial score (nSPS) is 10.1. The van der Waals surface area contributed by atoms with E-state index in [2.05, 4.69) is 11.9 Å². The molecule has 0 unspecified atom stereocenters. The van der Waals surface area contributed by atoms with E-state index in [0.29, 0.717) is 10.8 Å². The molecule has 1 N–H and O–H groups in total. The maximum absolute atomic E-state index is 11.6. The van der Waals surface area contributed by atoms with Crippen molar-refractivity contribution in [1.82, 2.24) is 0 Å². The van der Waals surface area contributed by atoms with Gasteiger partial charge >= 0.3 is 0 Å². The topological polar surface area (TPSA) is 29.1 Å². The predicted octanol–water partition coefficient (Wildman–Crippen LogP) is 3.90. The minimum atomic E-state index is 0.00155. The van der Waals surface area contributed by atoms with Crippen LogP contribution in [0, 0.1) is 6.92 Å². The zero-order valence-electron chi connectivity index (χ0n) is 10.0. The van der Waals surface area contributed by atoms with E-state index in [1.165, 1.54) is 0 Å². The number of amides is 1. The molecule has 17 heavy (non-hydrogen) atoms. The number of hydrogen-bond acceptors (Lipinski definition) is 2. The van der Waals surface area contributed by atoms with Crippen molar-refractivity contribution in [3.63, 3.8) is 0 Å². The standard InChI is InChI=1S/C13H16ClNOS/c1-9(2)7-17-8-13(16)15-12-5-4-11(14)6-10(12)3/h4-6H,1,7-8H2,2-3H3,(H,15,16). The van der Waals surface area contributed by atoms with Crippen molar-refractivity contribution in [2.75, 3.05) is 16.8 Å². The number of halogens is 1. The van der Waals surface area contributed by atoms with E-state index >= 15 is 0 Å². The molecule has 0 aliphatic rings. The molecule has 4 heteroatoms. The van der Waals surface area contributed by atoms with Gasteiger partial charge in [0, 0.05) is 16.5 Å². The summed E-state index contributed by atoms with van der Waals surface area (Å²) < 4.78 is 0. The second-order valence-corrected chi connectivity index (χ2v) is 5.38. The summed E-state index contributed by atoms with van der Waals surface area (Å²) in [6, 6.07) is 5.42. The van der Waals surface area contributed by atoms with E-state index in [9.17, 15) is 4.79 Å². The molecule has 0 fully saturated rings.